The number of hydrogen-bond acceptors (Lipinski definition) is 2. The third kappa shape index (κ3) is 4.77. The fraction of sp³-hybridized carbons (Fsp3) is 1.00. The molecule has 0 amide bonds. The first-order valence-corrected chi connectivity index (χ1v) is 3.99. The lowest BCUT2D eigenvalue weighted by Gasteiger charge is -2.10. The predicted molar refractivity (Wildman–Crippen MR) is 41.8 cm³/mol. The summed E-state index contributed by atoms with van der Waals surface area (Å²) in [5.41, 5.74) is 0. The molecule has 0 rings (SSSR count). The van der Waals surface area contributed by atoms with Crippen LogP contribution in [-0.4, -0.2) is 22.9 Å². The van der Waals surface area contributed by atoms with Gasteiger partial charge in [-0.15, -0.1) is 0 Å². The quantitative estimate of drug-likeness (QED) is 0.611. The van der Waals surface area contributed by atoms with Gasteiger partial charge in [0.2, 0.25) is 0 Å². The second-order valence-corrected chi connectivity index (χ2v) is 2.93. The molecule has 0 aromatic heterocycles. The Morgan fingerprint density at radius 3 is 2.30 bits per heavy atom. The van der Waals surface area contributed by atoms with Crippen LogP contribution in [0.1, 0.15) is 33.1 Å². The Labute approximate surface area is 62.9 Å². The van der Waals surface area contributed by atoms with Crippen LogP contribution < -0.4 is 0 Å². The SMILES string of the molecule is CCC(C)CCC(O)CO. The minimum Gasteiger partial charge on any atom is -0.394 e. The van der Waals surface area contributed by atoms with Crippen molar-refractivity contribution in [1.82, 2.24) is 0 Å². The van der Waals surface area contributed by atoms with Crippen molar-refractivity contribution in [2.24, 2.45) is 5.92 Å². The average Bonchev–Trinajstić information content (AvgIpc) is 1.99. The lowest BCUT2D eigenvalue weighted by molar-refractivity contribution is 0.0830. The second-order valence-electron chi connectivity index (χ2n) is 2.93. The average molecular weight is 146 g/mol. The molecule has 2 heteroatoms. The molecule has 0 saturated carbocycles. The van der Waals surface area contributed by atoms with Crippen molar-refractivity contribution in [2.75, 3.05) is 6.61 Å². The van der Waals surface area contributed by atoms with Crippen LogP contribution in [0.2, 0.25) is 0 Å². The van der Waals surface area contributed by atoms with Gasteiger partial charge in [-0.2, -0.15) is 0 Å². The van der Waals surface area contributed by atoms with E-state index in [0.717, 1.165) is 19.3 Å². The molecule has 62 valence electrons. The predicted octanol–water partition coefficient (Wildman–Crippen LogP) is 1.17. The number of rotatable bonds is 5. The molecule has 0 radical (unpaired) electrons. The molecule has 0 spiro atoms. The van der Waals surface area contributed by atoms with Crippen LogP contribution in [0.25, 0.3) is 0 Å². The molecule has 0 heterocycles. The van der Waals surface area contributed by atoms with E-state index in [0.29, 0.717) is 5.92 Å². The molecule has 0 bridgehead atoms. The minimum absolute atomic E-state index is 0.101. The summed E-state index contributed by atoms with van der Waals surface area (Å²) in [7, 11) is 0. The van der Waals surface area contributed by atoms with Gasteiger partial charge in [-0.05, 0) is 18.8 Å². The number of aliphatic hydroxyl groups excluding tert-OH is 2. The van der Waals surface area contributed by atoms with Crippen LogP contribution in [0.3, 0.4) is 0 Å². The summed E-state index contributed by atoms with van der Waals surface area (Å²) < 4.78 is 0. The fourth-order valence-corrected chi connectivity index (χ4v) is 0.772. The van der Waals surface area contributed by atoms with E-state index in [1.165, 1.54) is 0 Å². The van der Waals surface area contributed by atoms with Gasteiger partial charge in [0.1, 0.15) is 0 Å². The largest absolute Gasteiger partial charge is 0.394 e. The Kier molecular flexibility index (Phi) is 5.64. The summed E-state index contributed by atoms with van der Waals surface area (Å²) in [6.45, 7) is 4.19. The summed E-state index contributed by atoms with van der Waals surface area (Å²) in [6, 6.07) is 0. The first kappa shape index (κ1) is 9.92. The van der Waals surface area contributed by atoms with Gasteiger partial charge < -0.3 is 10.2 Å². The lowest BCUT2D eigenvalue weighted by Crippen LogP contribution is -2.12. The minimum atomic E-state index is -0.506. The maximum absolute atomic E-state index is 8.95. The van der Waals surface area contributed by atoms with E-state index in [1.807, 2.05) is 0 Å². The van der Waals surface area contributed by atoms with Crippen molar-refractivity contribution in [1.29, 1.82) is 0 Å². The molecule has 10 heavy (non-hydrogen) atoms. The summed E-state index contributed by atoms with van der Waals surface area (Å²) in [5.74, 6) is 0.668. The van der Waals surface area contributed by atoms with Crippen LogP contribution in [-0.2, 0) is 0 Å². The van der Waals surface area contributed by atoms with Crippen LogP contribution >= 0.6 is 0 Å². The van der Waals surface area contributed by atoms with Gasteiger partial charge in [-0.25, -0.2) is 0 Å². The molecule has 0 aromatic rings. The van der Waals surface area contributed by atoms with E-state index < -0.39 is 6.10 Å². The van der Waals surface area contributed by atoms with E-state index in [9.17, 15) is 0 Å². The van der Waals surface area contributed by atoms with Gasteiger partial charge in [0.05, 0.1) is 12.7 Å². The highest BCUT2D eigenvalue weighted by Crippen LogP contribution is 2.10. The molecule has 0 fully saturated rings. The van der Waals surface area contributed by atoms with Crippen LogP contribution in [0.5, 0.6) is 0 Å². The maximum atomic E-state index is 8.95. The Bertz CT molecular complexity index is 63.7. The van der Waals surface area contributed by atoms with Crippen molar-refractivity contribution in [2.45, 2.75) is 39.2 Å². The number of aliphatic hydroxyl groups is 2. The Morgan fingerprint density at radius 2 is 1.90 bits per heavy atom. The standard InChI is InChI=1S/C8H18O2/c1-3-7(2)4-5-8(10)6-9/h7-10H,3-6H2,1-2H3. The van der Waals surface area contributed by atoms with E-state index in [2.05, 4.69) is 13.8 Å². The van der Waals surface area contributed by atoms with Crippen LogP contribution in [0.4, 0.5) is 0 Å². The second kappa shape index (κ2) is 5.69. The van der Waals surface area contributed by atoms with Crippen molar-refractivity contribution in [3.8, 4) is 0 Å². The van der Waals surface area contributed by atoms with Crippen molar-refractivity contribution < 1.29 is 10.2 Å². The zero-order valence-electron chi connectivity index (χ0n) is 6.88. The zero-order chi connectivity index (χ0) is 7.98. The molecule has 0 aliphatic heterocycles. The number of hydrogen-bond donors (Lipinski definition) is 2. The Balaban J connectivity index is 3.17. The molecule has 2 nitrogen and oxygen atoms in total. The third-order valence-electron chi connectivity index (χ3n) is 1.90. The monoisotopic (exact) mass is 146 g/mol. The Hall–Kier alpha value is -0.0800. The van der Waals surface area contributed by atoms with E-state index in [1.54, 1.807) is 0 Å². The molecular formula is C8H18O2. The van der Waals surface area contributed by atoms with E-state index >= 15 is 0 Å². The molecule has 0 aliphatic rings. The molecule has 2 unspecified atom stereocenters. The molecule has 2 N–H and O–H groups in total. The maximum Gasteiger partial charge on any atom is 0.0771 e. The van der Waals surface area contributed by atoms with Crippen molar-refractivity contribution in [3.05, 3.63) is 0 Å². The summed E-state index contributed by atoms with van der Waals surface area (Å²) >= 11 is 0. The van der Waals surface area contributed by atoms with Gasteiger partial charge in [0, 0.05) is 0 Å². The molecule has 0 saturated heterocycles. The molecular weight excluding hydrogens is 128 g/mol. The highest BCUT2D eigenvalue weighted by Gasteiger charge is 2.04. The topological polar surface area (TPSA) is 40.5 Å². The zero-order valence-corrected chi connectivity index (χ0v) is 6.88. The van der Waals surface area contributed by atoms with Gasteiger partial charge in [-0.1, -0.05) is 20.3 Å². The highest BCUT2D eigenvalue weighted by atomic mass is 16.3. The van der Waals surface area contributed by atoms with Crippen molar-refractivity contribution in [3.63, 3.8) is 0 Å². The molecule has 0 aromatic carbocycles. The molecule has 0 aliphatic carbocycles. The van der Waals surface area contributed by atoms with E-state index in [-0.39, 0.29) is 6.61 Å². The normalized spacial score (nSPS) is 16.8. The smallest absolute Gasteiger partial charge is 0.0771 e. The third-order valence-corrected chi connectivity index (χ3v) is 1.90. The van der Waals surface area contributed by atoms with Crippen LogP contribution in [0.15, 0.2) is 0 Å². The van der Waals surface area contributed by atoms with Crippen LogP contribution in [0, 0.1) is 5.92 Å². The van der Waals surface area contributed by atoms with Crippen molar-refractivity contribution >= 4 is 0 Å². The summed E-state index contributed by atoms with van der Waals surface area (Å²) in [6.07, 6.45) is 2.39. The van der Waals surface area contributed by atoms with E-state index in [4.69, 9.17) is 10.2 Å². The molecule has 2 atom stereocenters. The first-order chi connectivity index (χ1) is 4.70. The fourth-order valence-electron chi connectivity index (χ4n) is 0.772. The Morgan fingerprint density at radius 1 is 1.30 bits per heavy atom. The van der Waals surface area contributed by atoms with Gasteiger partial charge in [0.25, 0.3) is 0 Å². The summed E-state index contributed by atoms with van der Waals surface area (Å²) in [4.78, 5) is 0. The summed E-state index contributed by atoms with van der Waals surface area (Å²) in [5, 5.41) is 17.4. The highest BCUT2D eigenvalue weighted by molar-refractivity contribution is 4.56. The first-order valence-electron chi connectivity index (χ1n) is 3.99. The van der Waals surface area contributed by atoms with Gasteiger partial charge in [0.15, 0.2) is 0 Å². The lowest BCUT2D eigenvalue weighted by atomic mass is 10.0. The van der Waals surface area contributed by atoms with Gasteiger partial charge >= 0.3 is 0 Å². The van der Waals surface area contributed by atoms with Gasteiger partial charge in [-0.3, -0.25) is 0 Å².